The summed E-state index contributed by atoms with van der Waals surface area (Å²) >= 11 is 0. The van der Waals surface area contributed by atoms with Crippen LogP contribution in [0.5, 0.6) is 0 Å². The number of imide groups is 1. The van der Waals surface area contributed by atoms with Crippen LogP contribution in [0, 0.1) is 0 Å². The van der Waals surface area contributed by atoms with Gasteiger partial charge in [-0.05, 0) is 19.4 Å². The Hall–Kier alpha value is -3.10. The molecule has 9 heteroatoms. The minimum Gasteiger partial charge on any atom is -0.450 e. The average Bonchev–Trinajstić information content (AvgIpc) is 2.93. The SMILES string of the molecule is CCOC(=O)N1CCN(C(=O)CN2C(=O)N[C@@](C)(c3ccccc3)C2=O)CC1. The summed E-state index contributed by atoms with van der Waals surface area (Å²) in [7, 11) is 0. The monoisotopic (exact) mass is 388 g/mol. The summed E-state index contributed by atoms with van der Waals surface area (Å²) in [5.41, 5.74) is -0.535. The smallest absolute Gasteiger partial charge is 0.409 e. The van der Waals surface area contributed by atoms with E-state index in [-0.39, 0.29) is 12.5 Å². The number of rotatable bonds is 4. The average molecular weight is 388 g/mol. The number of carbonyl (C=O) groups excluding carboxylic acids is 4. The first-order valence-electron chi connectivity index (χ1n) is 9.26. The van der Waals surface area contributed by atoms with E-state index >= 15 is 0 Å². The number of hydrogen-bond acceptors (Lipinski definition) is 5. The van der Waals surface area contributed by atoms with E-state index in [1.54, 1.807) is 43.0 Å². The molecule has 150 valence electrons. The highest BCUT2D eigenvalue weighted by molar-refractivity contribution is 6.09. The summed E-state index contributed by atoms with van der Waals surface area (Å²) in [5.74, 6) is -0.786. The van der Waals surface area contributed by atoms with Gasteiger partial charge < -0.3 is 19.9 Å². The van der Waals surface area contributed by atoms with Gasteiger partial charge in [-0.3, -0.25) is 14.5 Å². The van der Waals surface area contributed by atoms with Gasteiger partial charge in [0.15, 0.2) is 0 Å². The standard InChI is InChI=1S/C19H24N4O5/c1-3-28-18(27)22-11-9-21(10-12-22)15(24)13-23-16(25)19(2,20-17(23)26)14-7-5-4-6-8-14/h4-8H,3,9-13H2,1-2H3,(H,20,26)/t19-/m0/s1. The molecule has 1 atom stereocenters. The third-order valence-electron chi connectivity index (χ3n) is 5.08. The Morgan fingerprint density at radius 2 is 1.68 bits per heavy atom. The van der Waals surface area contributed by atoms with Crippen molar-refractivity contribution in [1.82, 2.24) is 20.0 Å². The molecule has 0 aromatic heterocycles. The van der Waals surface area contributed by atoms with Gasteiger partial charge in [-0.2, -0.15) is 0 Å². The second-order valence-electron chi connectivity index (χ2n) is 6.88. The van der Waals surface area contributed by atoms with Crippen molar-refractivity contribution in [3.05, 3.63) is 35.9 Å². The first kappa shape index (κ1) is 19.7. The number of nitrogens with zero attached hydrogens (tertiary/aromatic N) is 3. The molecule has 0 saturated carbocycles. The summed E-state index contributed by atoms with van der Waals surface area (Å²) in [4.78, 5) is 53.6. The summed E-state index contributed by atoms with van der Waals surface area (Å²) in [5, 5.41) is 2.69. The number of nitrogens with one attached hydrogen (secondary N) is 1. The van der Waals surface area contributed by atoms with E-state index < -0.39 is 23.6 Å². The predicted molar refractivity (Wildman–Crippen MR) is 99.2 cm³/mol. The van der Waals surface area contributed by atoms with Crippen LogP contribution in [0.15, 0.2) is 30.3 Å². The van der Waals surface area contributed by atoms with Gasteiger partial charge in [-0.15, -0.1) is 0 Å². The first-order chi connectivity index (χ1) is 13.4. The molecule has 0 aliphatic carbocycles. The quantitative estimate of drug-likeness (QED) is 0.768. The van der Waals surface area contributed by atoms with Gasteiger partial charge in [0.05, 0.1) is 6.61 Å². The zero-order valence-corrected chi connectivity index (χ0v) is 16.0. The van der Waals surface area contributed by atoms with Crippen LogP contribution >= 0.6 is 0 Å². The van der Waals surface area contributed by atoms with Crippen molar-refractivity contribution in [2.24, 2.45) is 0 Å². The van der Waals surface area contributed by atoms with Gasteiger partial charge in [-0.1, -0.05) is 30.3 Å². The lowest BCUT2D eigenvalue weighted by molar-refractivity contribution is -0.139. The highest BCUT2D eigenvalue weighted by Crippen LogP contribution is 2.28. The molecule has 5 amide bonds. The number of ether oxygens (including phenoxy) is 1. The highest BCUT2D eigenvalue weighted by Gasteiger charge is 2.49. The molecule has 3 rings (SSSR count). The lowest BCUT2D eigenvalue weighted by Gasteiger charge is -2.34. The molecular formula is C19H24N4O5. The Morgan fingerprint density at radius 3 is 2.29 bits per heavy atom. The molecule has 0 spiro atoms. The Kier molecular flexibility index (Phi) is 5.53. The maximum atomic E-state index is 12.9. The van der Waals surface area contributed by atoms with Crippen molar-refractivity contribution in [2.75, 3.05) is 39.3 Å². The van der Waals surface area contributed by atoms with E-state index in [4.69, 9.17) is 4.74 Å². The van der Waals surface area contributed by atoms with E-state index in [1.165, 1.54) is 4.90 Å². The van der Waals surface area contributed by atoms with Gasteiger partial charge in [-0.25, -0.2) is 9.59 Å². The Morgan fingerprint density at radius 1 is 1.07 bits per heavy atom. The lowest BCUT2D eigenvalue weighted by atomic mass is 9.92. The molecular weight excluding hydrogens is 364 g/mol. The zero-order valence-electron chi connectivity index (χ0n) is 16.0. The molecule has 2 aliphatic rings. The van der Waals surface area contributed by atoms with Crippen molar-refractivity contribution in [2.45, 2.75) is 19.4 Å². The fourth-order valence-electron chi connectivity index (χ4n) is 3.40. The van der Waals surface area contributed by atoms with E-state index in [1.807, 2.05) is 6.07 Å². The predicted octanol–water partition coefficient (Wildman–Crippen LogP) is 0.754. The molecule has 1 aromatic carbocycles. The number of carbonyl (C=O) groups is 4. The zero-order chi connectivity index (χ0) is 20.3. The maximum absolute atomic E-state index is 12.9. The highest BCUT2D eigenvalue weighted by atomic mass is 16.6. The topological polar surface area (TPSA) is 99.3 Å². The normalized spacial score (nSPS) is 22.3. The van der Waals surface area contributed by atoms with Gasteiger partial charge in [0.25, 0.3) is 5.91 Å². The van der Waals surface area contributed by atoms with Crippen molar-refractivity contribution in [3.8, 4) is 0 Å². The lowest BCUT2D eigenvalue weighted by Crippen LogP contribution is -2.53. The molecule has 2 aliphatic heterocycles. The van der Waals surface area contributed by atoms with E-state index in [2.05, 4.69) is 5.32 Å². The second-order valence-corrected chi connectivity index (χ2v) is 6.88. The van der Waals surface area contributed by atoms with Gasteiger partial charge in [0, 0.05) is 26.2 Å². The fraction of sp³-hybridized carbons (Fsp3) is 0.474. The van der Waals surface area contributed by atoms with E-state index in [0.29, 0.717) is 38.3 Å². The third-order valence-corrected chi connectivity index (χ3v) is 5.08. The third kappa shape index (κ3) is 3.64. The summed E-state index contributed by atoms with van der Waals surface area (Å²) in [6.07, 6.45) is -0.401. The van der Waals surface area contributed by atoms with Crippen LogP contribution in [0.1, 0.15) is 19.4 Å². The number of amides is 5. The van der Waals surface area contributed by atoms with Crippen LogP contribution in [0.3, 0.4) is 0 Å². The minimum absolute atomic E-state index is 0.296. The van der Waals surface area contributed by atoms with Crippen LogP contribution < -0.4 is 5.32 Å². The summed E-state index contributed by atoms with van der Waals surface area (Å²) in [6, 6.07) is 8.34. The number of urea groups is 1. The van der Waals surface area contributed by atoms with Crippen molar-refractivity contribution in [1.29, 1.82) is 0 Å². The van der Waals surface area contributed by atoms with Gasteiger partial charge in [0.2, 0.25) is 5.91 Å². The van der Waals surface area contributed by atoms with E-state index in [9.17, 15) is 19.2 Å². The number of benzene rings is 1. The molecule has 0 bridgehead atoms. The molecule has 1 aromatic rings. The Bertz CT molecular complexity index is 776. The van der Waals surface area contributed by atoms with Crippen molar-refractivity contribution in [3.63, 3.8) is 0 Å². The molecule has 2 saturated heterocycles. The summed E-state index contributed by atoms with van der Waals surface area (Å²) in [6.45, 7) is 4.70. The van der Waals surface area contributed by atoms with Crippen molar-refractivity contribution >= 4 is 23.9 Å². The molecule has 0 radical (unpaired) electrons. The van der Waals surface area contributed by atoms with E-state index in [0.717, 1.165) is 4.90 Å². The molecule has 28 heavy (non-hydrogen) atoms. The van der Waals surface area contributed by atoms with Gasteiger partial charge in [0.1, 0.15) is 12.1 Å². The molecule has 0 unspecified atom stereocenters. The van der Waals surface area contributed by atoms with Crippen LogP contribution in [0.2, 0.25) is 0 Å². The second kappa shape index (κ2) is 7.87. The maximum Gasteiger partial charge on any atom is 0.409 e. The fourth-order valence-corrected chi connectivity index (χ4v) is 3.40. The van der Waals surface area contributed by atoms with Crippen LogP contribution in [0.25, 0.3) is 0 Å². The van der Waals surface area contributed by atoms with Crippen LogP contribution in [-0.4, -0.2) is 78.0 Å². The molecule has 2 heterocycles. The molecule has 9 nitrogen and oxygen atoms in total. The molecule has 2 fully saturated rings. The molecule has 1 N–H and O–H groups in total. The van der Waals surface area contributed by atoms with Crippen molar-refractivity contribution < 1.29 is 23.9 Å². The Balaban J connectivity index is 1.61. The largest absolute Gasteiger partial charge is 0.450 e. The van der Waals surface area contributed by atoms with Gasteiger partial charge >= 0.3 is 12.1 Å². The van der Waals surface area contributed by atoms with Crippen LogP contribution in [-0.2, 0) is 19.9 Å². The first-order valence-corrected chi connectivity index (χ1v) is 9.26. The summed E-state index contributed by atoms with van der Waals surface area (Å²) < 4.78 is 4.96. The Labute approximate surface area is 163 Å². The number of piperazine rings is 1. The van der Waals surface area contributed by atoms with Crippen LogP contribution in [0.4, 0.5) is 9.59 Å². The minimum atomic E-state index is -1.19. The number of hydrogen-bond donors (Lipinski definition) is 1.